The highest BCUT2D eigenvalue weighted by atomic mass is 35.5. The summed E-state index contributed by atoms with van der Waals surface area (Å²) in [6, 6.07) is 0. The Morgan fingerprint density at radius 2 is 2.27 bits per heavy atom. The Labute approximate surface area is 71.9 Å². The molecule has 1 heterocycles. The molecule has 0 radical (unpaired) electrons. The highest BCUT2D eigenvalue weighted by Crippen LogP contribution is 2.04. The molecule has 0 saturated carbocycles. The van der Waals surface area contributed by atoms with Gasteiger partial charge in [0.05, 0.1) is 6.42 Å². The molecular weight excluding hydrogens is 166 g/mol. The van der Waals surface area contributed by atoms with Gasteiger partial charge in [0.2, 0.25) is 0 Å². The van der Waals surface area contributed by atoms with Crippen molar-refractivity contribution in [1.29, 1.82) is 0 Å². The molecular formula is C7H12ClNO2. The molecule has 2 N–H and O–H groups in total. The van der Waals surface area contributed by atoms with Crippen molar-refractivity contribution in [3.05, 3.63) is 12.2 Å². The summed E-state index contributed by atoms with van der Waals surface area (Å²) in [6.45, 7) is 1.99. The number of carbonyl (C=O) groups is 1. The molecule has 1 saturated heterocycles. The van der Waals surface area contributed by atoms with Gasteiger partial charge >= 0.3 is 5.97 Å². The smallest absolute Gasteiger partial charge is 0.307 e. The molecule has 0 unspecified atom stereocenters. The molecule has 11 heavy (non-hydrogen) atoms. The molecule has 1 fully saturated rings. The van der Waals surface area contributed by atoms with Gasteiger partial charge in [-0.3, -0.25) is 4.79 Å². The van der Waals surface area contributed by atoms with E-state index in [-0.39, 0.29) is 18.8 Å². The van der Waals surface area contributed by atoms with Gasteiger partial charge in [0.15, 0.2) is 0 Å². The normalized spacial score (nSPS) is 17.5. The molecule has 1 aliphatic rings. The van der Waals surface area contributed by atoms with Crippen molar-refractivity contribution in [2.75, 3.05) is 13.1 Å². The lowest BCUT2D eigenvalue weighted by molar-refractivity contribution is -0.136. The van der Waals surface area contributed by atoms with Crippen molar-refractivity contribution < 1.29 is 9.90 Å². The summed E-state index contributed by atoms with van der Waals surface area (Å²) in [5, 5.41) is 11.4. The number of hydrogen-bond acceptors (Lipinski definition) is 2. The van der Waals surface area contributed by atoms with Crippen LogP contribution < -0.4 is 5.32 Å². The summed E-state index contributed by atoms with van der Waals surface area (Å²) in [5.41, 5.74) is 0. The predicted octanol–water partition coefficient (Wildman–Crippen LogP) is 0.658. The summed E-state index contributed by atoms with van der Waals surface area (Å²) in [7, 11) is 0. The van der Waals surface area contributed by atoms with E-state index in [4.69, 9.17) is 5.11 Å². The molecule has 1 rings (SSSR count). The lowest BCUT2D eigenvalue weighted by Gasteiger charge is -2.23. The average molecular weight is 178 g/mol. The molecule has 0 bridgehead atoms. The lowest BCUT2D eigenvalue weighted by atomic mass is 10.0. The Morgan fingerprint density at radius 3 is 2.64 bits per heavy atom. The minimum atomic E-state index is -0.761. The minimum Gasteiger partial charge on any atom is -0.481 e. The molecule has 0 amide bonds. The number of carboxylic acids is 1. The largest absolute Gasteiger partial charge is 0.481 e. The Bertz CT molecular complexity index is 155. The fourth-order valence-corrected chi connectivity index (χ4v) is 0.808. The van der Waals surface area contributed by atoms with Crippen molar-refractivity contribution in [3.63, 3.8) is 0 Å². The number of hydrogen-bond donors (Lipinski definition) is 2. The topological polar surface area (TPSA) is 49.3 Å². The third kappa shape index (κ3) is 4.01. The first kappa shape index (κ1) is 10.5. The Hall–Kier alpha value is -0.540. The van der Waals surface area contributed by atoms with Crippen LogP contribution in [0.1, 0.15) is 6.42 Å². The zero-order chi connectivity index (χ0) is 7.40. The molecule has 0 atom stereocenters. The summed E-state index contributed by atoms with van der Waals surface area (Å²) < 4.78 is 0. The summed E-state index contributed by atoms with van der Waals surface area (Å²) in [6.07, 6.45) is 3.83. The molecule has 0 aliphatic carbocycles. The second-order valence-electron chi connectivity index (χ2n) is 2.44. The molecule has 0 spiro atoms. The first-order valence-corrected chi connectivity index (χ1v) is 3.38. The van der Waals surface area contributed by atoms with Crippen LogP contribution in [-0.2, 0) is 4.79 Å². The molecule has 4 heteroatoms. The maximum atomic E-state index is 10.0. The number of halogens is 1. The first-order chi connectivity index (χ1) is 4.79. The fourth-order valence-electron chi connectivity index (χ4n) is 0.808. The van der Waals surface area contributed by atoms with E-state index in [9.17, 15) is 4.79 Å². The van der Waals surface area contributed by atoms with Crippen LogP contribution in [-0.4, -0.2) is 24.2 Å². The minimum absolute atomic E-state index is 0. The standard InChI is InChI=1S/C7H11NO2.ClH/c9-7(10)3-1-2-6-4-8-5-6;/h1-2,6,8H,3-5H2,(H,9,10);1H/b2-1+;. The van der Waals surface area contributed by atoms with E-state index >= 15 is 0 Å². The van der Waals surface area contributed by atoms with Gasteiger partial charge in [-0.15, -0.1) is 12.4 Å². The van der Waals surface area contributed by atoms with Gasteiger partial charge in [-0.05, 0) is 0 Å². The summed E-state index contributed by atoms with van der Waals surface area (Å²) >= 11 is 0. The van der Waals surface area contributed by atoms with Gasteiger partial charge in [0.1, 0.15) is 0 Å². The van der Waals surface area contributed by atoms with E-state index in [2.05, 4.69) is 5.32 Å². The summed E-state index contributed by atoms with van der Waals surface area (Å²) in [5.74, 6) is -0.192. The number of aliphatic carboxylic acids is 1. The van der Waals surface area contributed by atoms with E-state index in [1.54, 1.807) is 6.08 Å². The molecule has 0 aromatic rings. The van der Waals surface area contributed by atoms with Crippen molar-refractivity contribution in [1.82, 2.24) is 5.32 Å². The van der Waals surface area contributed by atoms with E-state index in [0.29, 0.717) is 5.92 Å². The van der Waals surface area contributed by atoms with Crippen LogP contribution in [0.25, 0.3) is 0 Å². The van der Waals surface area contributed by atoms with Crippen molar-refractivity contribution in [2.24, 2.45) is 5.92 Å². The Kier molecular flexibility index (Phi) is 4.90. The van der Waals surface area contributed by atoms with E-state index in [1.807, 2.05) is 6.08 Å². The zero-order valence-electron chi connectivity index (χ0n) is 6.12. The Morgan fingerprint density at radius 1 is 1.64 bits per heavy atom. The number of rotatable bonds is 3. The summed E-state index contributed by atoms with van der Waals surface area (Å²) in [4.78, 5) is 10.0. The Balaban J connectivity index is 0.000001000. The van der Waals surface area contributed by atoms with Gasteiger partial charge in [0.25, 0.3) is 0 Å². The van der Waals surface area contributed by atoms with Crippen molar-refractivity contribution in [2.45, 2.75) is 6.42 Å². The van der Waals surface area contributed by atoms with Gasteiger partial charge < -0.3 is 10.4 Å². The second-order valence-corrected chi connectivity index (χ2v) is 2.44. The molecule has 3 nitrogen and oxygen atoms in total. The predicted molar refractivity (Wildman–Crippen MR) is 45.0 cm³/mol. The van der Waals surface area contributed by atoms with Crippen molar-refractivity contribution in [3.8, 4) is 0 Å². The van der Waals surface area contributed by atoms with Gasteiger partial charge in [0, 0.05) is 19.0 Å². The van der Waals surface area contributed by atoms with Crippen LogP contribution >= 0.6 is 12.4 Å². The average Bonchev–Trinajstić information content (AvgIpc) is 1.75. The monoisotopic (exact) mass is 177 g/mol. The fraction of sp³-hybridized carbons (Fsp3) is 0.571. The number of nitrogens with one attached hydrogen (secondary N) is 1. The molecule has 1 aliphatic heterocycles. The van der Waals surface area contributed by atoms with E-state index in [0.717, 1.165) is 13.1 Å². The van der Waals surface area contributed by atoms with Gasteiger partial charge in [-0.2, -0.15) is 0 Å². The maximum Gasteiger partial charge on any atom is 0.307 e. The SMILES string of the molecule is Cl.O=C(O)C/C=C/C1CNC1. The van der Waals surface area contributed by atoms with E-state index < -0.39 is 5.97 Å². The van der Waals surface area contributed by atoms with Crippen molar-refractivity contribution >= 4 is 18.4 Å². The highest BCUT2D eigenvalue weighted by molar-refractivity contribution is 5.85. The third-order valence-corrected chi connectivity index (χ3v) is 1.51. The second kappa shape index (κ2) is 5.16. The lowest BCUT2D eigenvalue weighted by Crippen LogP contribution is -2.40. The number of carboxylic acid groups (broad SMARTS) is 1. The van der Waals surface area contributed by atoms with Crippen LogP contribution in [0.5, 0.6) is 0 Å². The molecule has 0 aromatic heterocycles. The van der Waals surface area contributed by atoms with Crippen LogP contribution in [0.3, 0.4) is 0 Å². The quantitative estimate of drug-likeness (QED) is 0.623. The van der Waals surface area contributed by atoms with Crippen LogP contribution in [0.15, 0.2) is 12.2 Å². The van der Waals surface area contributed by atoms with Crippen LogP contribution in [0.2, 0.25) is 0 Å². The maximum absolute atomic E-state index is 10.0. The third-order valence-electron chi connectivity index (χ3n) is 1.51. The zero-order valence-corrected chi connectivity index (χ0v) is 6.93. The van der Waals surface area contributed by atoms with Crippen LogP contribution in [0, 0.1) is 5.92 Å². The van der Waals surface area contributed by atoms with Crippen LogP contribution in [0.4, 0.5) is 0 Å². The van der Waals surface area contributed by atoms with Gasteiger partial charge in [-0.1, -0.05) is 12.2 Å². The molecule has 64 valence electrons. The highest BCUT2D eigenvalue weighted by Gasteiger charge is 2.11. The van der Waals surface area contributed by atoms with Gasteiger partial charge in [-0.25, -0.2) is 0 Å². The molecule has 0 aromatic carbocycles. The van der Waals surface area contributed by atoms with E-state index in [1.165, 1.54) is 0 Å². The first-order valence-electron chi connectivity index (χ1n) is 3.38.